The summed E-state index contributed by atoms with van der Waals surface area (Å²) in [4.78, 5) is 10.3. The molecule has 0 amide bonds. The number of rotatable bonds is 5. The fraction of sp³-hybridized carbons (Fsp3) is 0.588. The van der Waals surface area contributed by atoms with Gasteiger partial charge in [0.2, 0.25) is 0 Å². The van der Waals surface area contributed by atoms with E-state index in [4.69, 9.17) is 11.6 Å². The van der Waals surface area contributed by atoms with Gasteiger partial charge in [-0.05, 0) is 31.9 Å². The molecule has 0 saturated carbocycles. The van der Waals surface area contributed by atoms with Gasteiger partial charge in [0, 0.05) is 31.9 Å². The number of nitrogens with zero attached hydrogens (tertiary/aromatic N) is 2. The molecule has 0 radical (unpaired) electrons. The number of imidazole rings is 1. The third-order valence-electron chi connectivity index (χ3n) is 4.66. The zero-order valence-electron chi connectivity index (χ0n) is 14.4. The summed E-state index contributed by atoms with van der Waals surface area (Å²) < 4.78 is 0. The standard InChI is InChI=1S/C17H25ClN4OS/c1-11(17(2,3)23)10-24-16-20-13-8-12(18)15(9-14(13)21-16)22-6-4-19-5-7-22/h8-9,11,19,23H,4-7,10H2,1-3H3,(H,20,21). The minimum Gasteiger partial charge on any atom is -0.390 e. The first-order chi connectivity index (χ1) is 11.3. The Kier molecular flexibility index (Phi) is 5.30. The van der Waals surface area contributed by atoms with E-state index >= 15 is 0 Å². The highest BCUT2D eigenvalue weighted by Gasteiger charge is 2.23. The largest absolute Gasteiger partial charge is 0.390 e. The van der Waals surface area contributed by atoms with Gasteiger partial charge in [-0.2, -0.15) is 0 Å². The second-order valence-corrected chi connectivity index (χ2v) is 8.38. The molecule has 1 saturated heterocycles. The zero-order valence-corrected chi connectivity index (χ0v) is 16.0. The molecule has 1 aliphatic rings. The van der Waals surface area contributed by atoms with Crippen molar-refractivity contribution < 1.29 is 5.11 Å². The van der Waals surface area contributed by atoms with Gasteiger partial charge < -0.3 is 20.3 Å². The molecular formula is C17H25ClN4OS. The molecule has 7 heteroatoms. The molecular weight excluding hydrogens is 344 g/mol. The molecule has 0 bridgehead atoms. The fourth-order valence-electron chi connectivity index (χ4n) is 2.62. The van der Waals surface area contributed by atoms with E-state index in [1.54, 1.807) is 11.8 Å². The predicted molar refractivity (Wildman–Crippen MR) is 102 cm³/mol. The number of fused-ring (bicyclic) bond motifs is 1. The maximum absolute atomic E-state index is 10.0. The lowest BCUT2D eigenvalue weighted by Crippen LogP contribution is -2.43. The number of aliphatic hydroxyl groups is 1. The molecule has 0 spiro atoms. The average Bonchev–Trinajstić information content (AvgIpc) is 2.93. The summed E-state index contributed by atoms with van der Waals surface area (Å²) in [5, 5.41) is 15.0. The molecule has 3 N–H and O–H groups in total. The van der Waals surface area contributed by atoms with Crippen LogP contribution in [0.2, 0.25) is 5.02 Å². The fourth-order valence-corrected chi connectivity index (χ4v) is 4.06. The van der Waals surface area contributed by atoms with Crippen molar-refractivity contribution in [3.05, 3.63) is 17.2 Å². The van der Waals surface area contributed by atoms with E-state index < -0.39 is 5.60 Å². The number of H-pyrrole nitrogens is 1. The summed E-state index contributed by atoms with van der Waals surface area (Å²) in [6, 6.07) is 4.04. The van der Waals surface area contributed by atoms with Crippen molar-refractivity contribution in [1.29, 1.82) is 0 Å². The number of anilines is 1. The third-order valence-corrected chi connectivity index (χ3v) is 6.10. The van der Waals surface area contributed by atoms with Gasteiger partial charge in [-0.25, -0.2) is 4.98 Å². The molecule has 2 aromatic rings. The summed E-state index contributed by atoms with van der Waals surface area (Å²) >= 11 is 8.12. The summed E-state index contributed by atoms with van der Waals surface area (Å²) in [5.41, 5.74) is 2.26. The Hall–Kier alpha value is -0.950. The van der Waals surface area contributed by atoms with Crippen LogP contribution in [0.15, 0.2) is 17.3 Å². The summed E-state index contributed by atoms with van der Waals surface area (Å²) in [5.74, 6) is 0.984. The molecule has 0 aliphatic carbocycles. The van der Waals surface area contributed by atoms with E-state index in [1.807, 2.05) is 19.9 Å². The Labute approximate surface area is 152 Å². The first kappa shape index (κ1) is 17.9. The number of benzene rings is 1. The molecule has 132 valence electrons. The van der Waals surface area contributed by atoms with Gasteiger partial charge in [-0.15, -0.1) is 0 Å². The highest BCUT2D eigenvalue weighted by Crippen LogP contribution is 2.32. The first-order valence-electron chi connectivity index (χ1n) is 8.34. The van der Waals surface area contributed by atoms with Crippen LogP contribution < -0.4 is 10.2 Å². The monoisotopic (exact) mass is 368 g/mol. The smallest absolute Gasteiger partial charge is 0.166 e. The van der Waals surface area contributed by atoms with E-state index in [1.165, 1.54) is 0 Å². The van der Waals surface area contributed by atoms with Gasteiger partial charge in [0.1, 0.15) is 0 Å². The van der Waals surface area contributed by atoms with E-state index in [0.29, 0.717) is 0 Å². The molecule has 1 atom stereocenters. The van der Waals surface area contributed by atoms with Crippen LogP contribution in [0.4, 0.5) is 5.69 Å². The molecule has 1 aromatic carbocycles. The highest BCUT2D eigenvalue weighted by molar-refractivity contribution is 7.99. The highest BCUT2D eigenvalue weighted by atomic mass is 35.5. The minimum absolute atomic E-state index is 0.177. The molecule has 24 heavy (non-hydrogen) atoms. The molecule has 3 rings (SSSR count). The average molecular weight is 369 g/mol. The van der Waals surface area contributed by atoms with Crippen LogP contribution in [0.1, 0.15) is 20.8 Å². The van der Waals surface area contributed by atoms with Crippen LogP contribution >= 0.6 is 23.4 Å². The topological polar surface area (TPSA) is 64.2 Å². The Bertz CT molecular complexity index is 706. The van der Waals surface area contributed by atoms with Crippen molar-refractivity contribution in [2.24, 2.45) is 5.92 Å². The lowest BCUT2D eigenvalue weighted by molar-refractivity contribution is 0.0346. The van der Waals surface area contributed by atoms with Crippen LogP contribution in [0.3, 0.4) is 0 Å². The number of hydrogen-bond acceptors (Lipinski definition) is 5. The second-order valence-electron chi connectivity index (χ2n) is 6.97. The van der Waals surface area contributed by atoms with Gasteiger partial charge in [-0.1, -0.05) is 30.3 Å². The van der Waals surface area contributed by atoms with Crippen LogP contribution in [-0.2, 0) is 0 Å². The Morgan fingerprint density at radius 2 is 2.08 bits per heavy atom. The van der Waals surface area contributed by atoms with E-state index in [-0.39, 0.29) is 5.92 Å². The molecule has 5 nitrogen and oxygen atoms in total. The van der Waals surface area contributed by atoms with Crippen molar-refractivity contribution >= 4 is 40.1 Å². The lowest BCUT2D eigenvalue weighted by atomic mass is 9.95. The van der Waals surface area contributed by atoms with Crippen molar-refractivity contribution in [3.63, 3.8) is 0 Å². The molecule has 1 aromatic heterocycles. The summed E-state index contributed by atoms with van der Waals surface area (Å²) in [6.45, 7) is 9.61. The quantitative estimate of drug-likeness (QED) is 0.708. The first-order valence-corrected chi connectivity index (χ1v) is 9.71. The number of hydrogen-bond donors (Lipinski definition) is 3. The second kappa shape index (κ2) is 7.12. The zero-order chi connectivity index (χ0) is 17.3. The van der Waals surface area contributed by atoms with Crippen LogP contribution in [0.5, 0.6) is 0 Å². The van der Waals surface area contributed by atoms with E-state index in [0.717, 1.165) is 58.8 Å². The molecule has 1 aliphatic heterocycles. The van der Waals surface area contributed by atoms with Crippen molar-refractivity contribution in [1.82, 2.24) is 15.3 Å². The Morgan fingerprint density at radius 1 is 1.38 bits per heavy atom. The predicted octanol–water partition coefficient (Wildman–Crippen LogP) is 3.13. The number of halogens is 1. The van der Waals surface area contributed by atoms with Gasteiger partial charge >= 0.3 is 0 Å². The third kappa shape index (κ3) is 3.99. The van der Waals surface area contributed by atoms with Crippen LogP contribution in [-0.4, -0.2) is 52.6 Å². The van der Waals surface area contributed by atoms with E-state index in [2.05, 4.69) is 33.2 Å². The van der Waals surface area contributed by atoms with Gasteiger partial charge in [0.05, 0.1) is 27.3 Å². The number of aromatic amines is 1. The number of nitrogens with one attached hydrogen (secondary N) is 2. The SMILES string of the molecule is CC(CSc1nc2cc(N3CCNCC3)c(Cl)cc2[nH]1)C(C)(C)O. The molecule has 1 unspecified atom stereocenters. The Morgan fingerprint density at radius 3 is 2.75 bits per heavy atom. The minimum atomic E-state index is -0.683. The lowest BCUT2D eigenvalue weighted by Gasteiger charge is -2.30. The Balaban J connectivity index is 1.78. The number of piperazine rings is 1. The maximum atomic E-state index is 10.0. The van der Waals surface area contributed by atoms with Crippen molar-refractivity contribution in [3.8, 4) is 0 Å². The van der Waals surface area contributed by atoms with Gasteiger partial charge in [-0.3, -0.25) is 0 Å². The number of aromatic nitrogens is 2. The van der Waals surface area contributed by atoms with Crippen molar-refractivity contribution in [2.45, 2.75) is 31.5 Å². The van der Waals surface area contributed by atoms with Crippen molar-refractivity contribution in [2.75, 3.05) is 36.8 Å². The number of thioether (sulfide) groups is 1. The van der Waals surface area contributed by atoms with Gasteiger partial charge in [0.25, 0.3) is 0 Å². The molecule has 1 fully saturated rings. The summed E-state index contributed by atoms with van der Waals surface area (Å²) in [6.07, 6.45) is 0. The maximum Gasteiger partial charge on any atom is 0.166 e. The van der Waals surface area contributed by atoms with Crippen LogP contribution in [0, 0.1) is 5.92 Å². The van der Waals surface area contributed by atoms with Crippen LogP contribution in [0.25, 0.3) is 11.0 Å². The van der Waals surface area contributed by atoms with Gasteiger partial charge in [0.15, 0.2) is 5.16 Å². The van der Waals surface area contributed by atoms with E-state index in [9.17, 15) is 5.11 Å². The molecule has 2 heterocycles. The summed E-state index contributed by atoms with van der Waals surface area (Å²) in [7, 11) is 0. The normalized spacial score (nSPS) is 17.5.